The number of carbonyl (C=O) groups excluding carboxylic acids is 1. The van der Waals surface area contributed by atoms with Gasteiger partial charge in [-0.2, -0.15) is 0 Å². The molecule has 0 unspecified atom stereocenters. The first kappa shape index (κ1) is 24.6. The van der Waals surface area contributed by atoms with E-state index < -0.39 is 56.2 Å². The van der Waals surface area contributed by atoms with Crippen LogP contribution in [0.4, 0.5) is 23.7 Å². The number of pyridine rings is 1. The molecule has 0 saturated carbocycles. The molecule has 2 amide bonds. The number of halogens is 4. The highest BCUT2D eigenvalue weighted by Crippen LogP contribution is 2.33. The Kier molecular flexibility index (Phi) is 7.00. The molecule has 0 bridgehead atoms. The first-order valence-corrected chi connectivity index (χ1v) is 11.5. The summed E-state index contributed by atoms with van der Waals surface area (Å²) in [5.41, 5.74) is -0.546. The summed E-state index contributed by atoms with van der Waals surface area (Å²) < 4.78 is 64.4. The molecule has 0 aliphatic carbocycles. The molecule has 8 nitrogen and oxygen atoms in total. The zero-order chi connectivity index (χ0) is 24.5. The van der Waals surface area contributed by atoms with Crippen molar-refractivity contribution in [2.75, 3.05) is 17.2 Å². The molecule has 0 saturated heterocycles. The van der Waals surface area contributed by atoms with Crippen LogP contribution in [0.1, 0.15) is 18.5 Å². The first-order valence-electron chi connectivity index (χ1n) is 9.42. The van der Waals surface area contributed by atoms with Crippen LogP contribution in [-0.4, -0.2) is 31.7 Å². The van der Waals surface area contributed by atoms with Gasteiger partial charge in [0, 0.05) is 24.5 Å². The number of H-pyrrole nitrogens is 1. The van der Waals surface area contributed by atoms with E-state index in [2.05, 4.69) is 10.3 Å². The van der Waals surface area contributed by atoms with Gasteiger partial charge in [0.1, 0.15) is 17.5 Å². The number of carbonyl (C=O) groups is 1. The Bertz CT molecular complexity index is 1400. The number of sulfonamides is 1. The lowest BCUT2D eigenvalue weighted by Gasteiger charge is -2.30. The van der Waals surface area contributed by atoms with Gasteiger partial charge in [0.15, 0.2) is 0 Å². The average Bonchev–Trinajstić information content (AvgIpc) is 2.69. The molecule has 4 N–H and O–H groups in total. The van der Waals surface area contributed by atoms with E-state index in [9.17, 15) is 31.2 Å². The lowest BCUT2D eigenvalue weighted by atomic mass is 10.0. The van der Waals surface area contributed by atoms with Gasteiger partial charge in [-0.15, -0.1) is 0 Å². The van der Waals surface area contributed by atoms with E-state index in [0.29, 0.717) is 6.07 Å². The van der Waals surface area contributed by atoms with Gasteiger partial charge in [-0.25, -0.2) is 31.5 Å². The lowest BCUT2D eigenvalue weighted by Crippen LogP contribution is -2.43. The topological polar surface area (TPSA) is 125 Å². The minimum absolute atomic E-state index is 0.0840. The molecular weight excluding hydrogens is 485 g/mol. The standard InChI is InChI=1S/C20H18ClF3N4O4S/c1-10(14-9-27-19(29)18-13(14)6-11(22)7-17(18)24)28(12-2-3-16(23)15(21)8-12)20(30)26-4-5-33(25,31)32/h2-3,6-10H,4-5H2,1H3,(H,26,30)(H,27,29)(H2,25,31,32)/t10-/m0/s1. The number of benzene rings is 2. The van der Waals surface area contributed by atoms with Crippen LogP contribution in [-0.2, 0) is 10.0 Å². The van der Waals surface area contributed by atoms with Gasteiger partial charge in [0.05, 0.1) is 22.2 Å². The second kappa shape index (κ2) is 9.41. The van der Waals surface area contributed by atoms with Crippen molar-refractivity contribution in [2.45, 2.75) is 13.0 Å². The number of nitrogens with two attached hydrogens (primary N) is 1. The highest BCUT2D eigenvalue weighted by Gasteiger charge is 2.27. The normalized spacial score (nSPS) is 12.5. The van der Waals surface area contributed by atoms with Crippen molar-refractivity contribution in [3.63, 3.8) is 0 Å². The summed E-state index contributed by atoms with van der Waals surface area (Å²) in [5, 5.41) is 6.53. The summed E-state index contributed by atoms with van der Waals surface area (Å²) in [6.07, 6.45) is 1.20. The molecule has 2 aromatic carbocycles. The summed E-state index contributed by atoms with van der Waals surface area (Å²) >= 11 is 5.86. The minimum atomic E-state index is -3.86. The molecule has 3 rings (SSSR count). The minimum Gasteiger partial charge on any atom is -0.337 e. The van der Waals surface area contributed by atoms with Crippen LogP contribution < -0.4 is 20.9 Å². The number of primary sulfonamides is 1. The molecule has 3 aromatic rings. The number of aromatic nitrogens is 1. The van der Waals surface area contributed by atoms with E-state index in [1.807, 2.05) is 0 Å². The molecule has 1 aromatic heterocycles. The summed E-state index contributed by atoms with van der Waals surface area (Å²) in [4.78, 5) is 28.6. The van der Waals surface area contributed by atoms with Crippen LogP contribution in [0.2, 0.25) is 5.02 Å². The highest BCUT2D eigenvalue weighted by molar-refractivity contribution is 7.89. The van der Waals surface area contributed by atoms with Gasteiger partial charge in [0.2, 0.25) is 10.0 Å². The van der Waals surface area contributed by atoms with Crippen LogP contribution in [0.5, 0.6) is 0 Å². The Morgan fingerprint density at radius 3 is 2.55 bits per heavy atom. The average molecular weight is 503 g/mol. The second-order valence-electron chi connectivity index (χ2n) is 7.13. The van der Waals surface area contributed by atoms with Crippen LogP contribution in [0.3, 0.4) is 0 Å². The summed E-state index contributed by atoms with van der Waals surface area (Å²) in [5.74, 6) is -3.33. The molecule has 0 aliphatic heterocycles. The predicted octanol–water partition coefficient (Wildman–Crippen LogP) is 3.16. The monoisotopic (exact) mass is 502 g/mol. The van der Waals surface area contributed by atoms with Crippen molar-refractivity contribution in [1.29, 1.82) is 0 Å². The number of rotatable bonds is 6. The van der Waals surface area contributed by atoms with Gasteiger partial charge in [-0.3, -0.25) is 9.69 Å². The third-order valence-electron chi connectivity index (χ3n) is 4.85. The van der Waals surface area contributed by atoms with Crippen molar-refractivity contribution in [1.82, 2.24) is 10.3 Å². The molecule has 1 atom stereocenters. The maximum atomic E-state index is 14.3. The molecule has 13 heteroatoms. The molecule has 1 heterocycles. The second-order valence-corrected chi connectivity index (χ2v) is 9.27. The van der Waals surface area contributed by atoms with Crippen molar-refractivity contribution in [2.24, 2.45) is 5.14 Å². The fraction of sp³-hybridized carbons (Fsp3) is 0.200. The zero-order valence-electron chi connectivity index (χ0n) is 17.0. The van der Waals surface area contributed by atoms with Crippen molar-refractivity contribution >= 4 is 44.1 Å². The largest absolute Gasteiger partial charge is 0.337 e. The predicted molar refractivity (Wildman–Crippen MR) is 118 cm³/mol. The Morgan fingerprint density at radius 2 is 1.91 bits per heavy atom. The molecular formula is C20H18ClF3N4O4S. The molecule has 0 aliphatic rings. The number of aromatic amines is 1. The summed E-state index contributed by atoms with van der Waals surface area (Å²) in [6, 6.07) is 3.11. The Labute approximate surface area is 191 Å². The van der Waals surface area contributed by atoms with Gasteiger partial charge in [-0.1, -0.05) is 11.6 Å². The molecule has 0 fully saturated rings. The van der Waals surface area contributed by atoms with Crippen molar-refractivity contribution in [3.8, 4) is 0 Å². The molecule has 0 radical (unpaired) electrons. The van der Waals surface area contributed by atoms with Gasteiger partial charge < -0.3 is 10.3 Å². The lowest BCUT2D eigenvalue weighted by molar-refractivity contribution is 0.245. The Hall–Kier alpha value is -3.09. The maximum absolute atomic E-state index is 14.3. The van der Waals surface area contributed by atoms with E-state index in [1.54, 1.807) is 0 Å². The number of fused-ring (bicyclic) bond motifs is 1. The van der Waals surface area contributed by atoms with E-state index in [4.69, 9.17) is 16.7 Å². The van der Waals surface area contributed by atoms with E-state index in [1.165, 1.54) is 19.2 Å². The highest BCUT2D eigenvalue weighted by atomic mass is 35.5. The zero-order valence-corrected chi connectivity index (χ0v) is 18.6. The van der Waals surface area contributed by atoms with Gasteiger partial charge in [0.25, 0.3) is 5.56 Å². The number of nitrogens with one attached hydrogen (secondary N) is 2. The molecule has 176 valence electrons. The third kappa shape index (κ3) is 5.46. The first-order chi connectivity index (χ1) is 15.4. The van der Waals surface area contributed by atoms with E-state index in [-0.39, 0.29) is 28.2 Å². The Balaban J connectivity index is 2.12. The number of hydrogen-bond donors (Lipinski definition) is 3. The van der Waals surface area contributed by atoms with Gasteiger partial charge in [-0.05, 0) is 42.1 Å². The SMILES string of the molecule is C[C@@H](c1c[nH]c(=O)c2c(F)cc(F)cc12)N(C(=O)NCCS(N)(=O)=O)c1ccc(F)c(Cl)c1. The quantitative estimate of drug-likeness (QED) is 0.478. The van der Waals surface area contributed by atoms with E-state index >= 15 is 0 Å². The van der Waals surface area contributed by atoms with Crippen molar-refractivity contribution < 1.29 is 26.4 Å². The van der Waals surface area contributed by atoms with Crippen molar-refractivity contribution in [3.05, 3.63) is 74.9 Å². The number of urea groups is 1. The molecule has 33 heavy (non-hydrogen) atoms. The fourth-order valence-corrected chi connectivity index (χ4v) is 3.91. The fourth-order valence-electron chi connectivity index (χ4n) is 3.35. The van der Waals surface area contributed by atoms with Gasteiger partial charge >= 0.3 is 6.03 Å². The smallest absolute Gasteiger partial charge is 0.322 e. The molecule has 0 spiro atoms. The number of nitrogens with zero attached hydrogens (tertiary/aromatic N) is 1. The van der Waals surface area contributed by atoms with Crippen LogP contribution in [0.15, 0.2) is 41.3 Å². The van der Waals surface area contributed by atoms with E-state index in [0.717, 1.165) is 23.1 Å². The van der Waals surface area contributed by atoms with Crippen LogP contribution >= 0.6 is 11.6 Å². The number of hydrogen-bond acceptors (Lipinski definition) is 4. The number of anilines is 1. The summed E-state index contributed by atoms with van der Waals surface area (Å²) in [7, 11) is -3.86. The Morgan fingerprint density at radius 1 is 1.21 bits per heavy atom. The number of amides is 2. The van der Waals surface area contributed by atoms with Crippen LogP contribution in [0, 0.1) is 17.5 Å². The third-order valence-corrected chi connectivity index (χ3v) is 5.91. The summed E-state index contributed by atoms with van der Waals surface area (Å²) in [6.45, 7) is 1.15. The van der Waals surface area contributed by atoms with Crippen LogP contribution in [0.25, 0.3) is 10.8 Å². The maximum Gasteiger partial charge on any atom is 0.322 e.